The highest BCUT2D eigenvalue weighted by atomic mass is 14.2. The summed E-state index contributed by atoms with van der Waals surface area (Å²) in [4.78, 5) is 0. The first-order chi connectivity index (χ1) is 10.8. The summed E-state index contributed by atoms with van der Waals surface area (Å²) in [5.74, 6) is 0. The summed E-state index contributed by atoms with van der Waals surface area (Å²) in [5.41, 5.74) is 5.40. The fraction of sp³-hybridized carbons (Fsp3) is 0.0909. The van der Waals surface area contributed by atoms with Crippen LogP contribution in [0.25, 0.3) is 32.7 Å². The molecule has 4 aromatic carbocycles. The van der Waals surface area contributed by atoms with Gasteiger partial charge in [0.15, 0.2) is 0 Å². The number of rotatable bonds is 1. The van der Waals surface area contributed by atoms with Crippen molar-refractivity contribution in [2.24, 2.45) is 0 Å². The van der Waals surface area contributed by atoms with Gasteiger partial charge < -0.3 is 0 Å². The van der Waals surface area contributed by atoms with Crippen LogP contribution < -0.4 is 0 Å². The van der Waals surface area contributed by atoms with Gasteiger partial charge in [0.05, 0.1) is 0 Å². The molecule has 0 N–H and O–H groups in total. The van der Waals surface area contributed by atoms with E-state index in [2.05, 4.69) is 86.6 Å². The molecule has 0 amide bonds. The number of aryl methyl sites for hydroxylation is 1. The molecule has 4 aromatic rings. The van der Waals surface area contributed by atoms with E-state index < -0.39 is 0 Å². The highest BCUT2D eigenvalue weighted by molar-refractivity contribution is 6.13. The van der Waals surface area contributed by atoms with Crippen molar-refractivity contribution in [1.29, 1.82) is 0 Å². The average Bonchev–Trinajstić information content (AvgIpc) is 2.55. The highest BCUT2D eigenvalue weighted by Crippen LogP contribution is 2.38. The van der Waals surface area contributed by atoms with Gasteiger partial charge in [-0.2, -0.15) is 0 Å². The van der Waals surface area contributed by atoms with E-state index in [1.54, 1.807) is 0 Å². The molecule has 0 radical (unpaired) electrons. The highest BCUT2D eigenvalue weighted by Gasteiger charge is 2.12. The van der Waals surface area contributed by atoms with Gasteiger partial charge in [-0.1, -0.05) is 66.7 Å². The van der Waals surface area contributed by atoms with Crippen molar-refractivity contribution in [1.82, 2.24) is 0 Å². The molecule has 0 heterocycles. The van der Waals surface area contributed by atoms with Gasteiger partial charge in [-0.3, -0.25) is 0 Å². The zero-order valence-corrected chi connectivity index (χ0v) is 12.9. The fourth-order valence-corrected chi connectivity index (χ4v) is 3.33. The van der Waals surface area contributed by atoms with E-state index in [-0.39, 0.29) is 0 Å². The molecule has 0 saturated carbocycles. The monoisotopic (exact) mass is 282 g/mol. The predicted octanol–water partition coefficient (Wildman–Crippen LogP) is 6.28. The minimum Gasteiger partial charge on any atom is -0.0616 e. The number of fused-ring (bicyclic) bond motifs is 2. The minimum absolute atomic E-state index is 1.30. The van der Waals surface area contributed by atoms with Gasteiger partial charge in [-0.05, 0) is 63.7 Å². The second-order valence-electron chi connectivity index (χ2n) is 5.94. The number of benzene rings is 4. The van der Waals surface area contributed by atoms with Gasteiger partial charge in [0, 0.05) is 0 Å². The Morgan fingerprint density at radius 2 is 1.18 bits per heavy atom. The Hall–Kier alpha value is -2.60. The van der Waals surface area contributed by atoms with E-state index in [4.69, 9.17) is 0 Å². The minimum atomic E-state index is 1.30. The molecule has 0 saturated heterocycles. The molecule has 0 fully saturated rings. The molecule has 4 rings (SSSR count). The van der Waals surface area contributed by atoms with Gasteiger partial charge in [0.2, 0.25) is 0 Å². The quantitative estimate of drug-likeness (QED) is 0.360. The Kier molecular flexibility index (Phi) is 2.97. The van der Waals surface area contributed by atoms with Crippen LogP contribution in [0.3, 0.4) is 0 Å². The van der Waals surface area contributed by atoms with Crippen LogP contribution in [0.4, 0.5) is 0 Å². The lowest BCUT2D eigenvalue weighted by Crippen LogP contribution is -1.90. The first-order valence-corrected chi connectivity index (χ1v) is 7.73. The van der Waals surface area contributed by atoms with Crippen molar-refractivity contribution in [3.63, 3.8) is 0 Å². The molecule has 106 valence electrons. The molecule has 0 nitrogen and oxygen atoms in total. The summed E-state index contributed by atoms with van der Waals surface area (Å²) in [5, 5.41) is 5.26. The van der Waals surface area contributed by atoms with Crippen LogP contribution in [-0.2, 0) is 0 Å². The second kappa shape index (κ2) is 4.99. The van der Waals surface area contributed by atoms with Crippen LogP contribution in [0.1, 0.15) is 11.1 Å². The average molecular weight is 282 g/mol. The van der Waals surface area contributed by atoms with Gasteiger partial charge in [-0.15, -0.1) is 0 Å². The lowest BCUT2D eigenvalue weighted by molar-refractivity contribution is 1.35. The first-order valence-electron chi connectivity index (χ1n) is 7.73. The Bertz CT molecular complexity index is 939. The molecule has 0 aliphatic carbocycles. The van der Waals surface area contributed by atoms with E-state index >= 15 is 0 Å². The number of hydrogen-bond donors (Lipinski definition) is 0. The van der Waals surface area contributed by atoms with Crippen LogP contribution in [0, 0.1) is 13.8 Å². The predicted molar refractivity (Wildman–Crippen MR) is 96.4 cm³/mol. The van der Waals surface area contributed by atoms with Crippen molar-refractivity contribution in [2.75, 3.05) is 0 Å². The Morgan fingerprint density at radius 1 is 0.591 bits per heavy atom. The number of hydrogen-bond acceptors (Lipinski definition) is 0. The third kappa shape index (κ3) is 1.92. The molecule has 0 aliphatic rings. The van der Waals surface area contributed by atoms with Crippen molar-refractivity contribution in [3.05, 3.63) is 83.9 Å². The maximum absolute atomic E-state index is 2.29. The Balaban J connectivity index is 2.24. The zero-order valence-electron chi connectivity index (χ0n) is 12.9. The molecule has 0 heteroatoms. The fourth-order valence-electron chi connectivity index (χ4n) is 3.33. The standard InChI is InChI=1S/C22H18/c1-15-8-7-13-19(16(15)2)22-20-11-5-3-9-17(20)14-18-10-4-6-12-21(18)22/h3-14H,1-2H3. The van der Waals surface area contributed by atoms with Gasteiger partial charge in [0.25, 0.3) is 0 Å². The van der Waals surface area contributed by atoms with Crippen LogP contribution >= 0.6 is 0 Å². The van der Waals surface area contributed by atoms with Crippen LogP contribution in [-0.4, -0.2) is 0 Å². The van der Waals surface area contributed by atoms with Gasteiger partial charge in [0.1, 0.15) is 0 Å². The normalized spacial score (nSPS) is 11.2. The zero-order chi connectivity index (χ0) is 15.1. The summed E-state index contributed by atoms with van der Waals surface area (Å²) in [6.45, 7) is 4.41. The lowest BCUT2D eigenvalue weighted by Gasteiger charge is -2.15. The Labute approximate surface area is 131 Å². The molecule has 0 aromatic heterocycles. The third-order valence-corrected chi connectivity index (χ3v) is 4.65. The maximum atomic E-state index is 2.29. The van der Waals surface area contributed by atoms with E-state index in [9.17, 15) is 0 Å². The van der Waals surface area contributed by atoms with Gasteiger partial charge in [-0.25, -0.2) is 0 Å². The molecular formula is C22H18. The Morgan fingerprint density at radius 3 is 1.82 bits per heavy atom. The summed E-state index contributed by atoms with van der Waals surface area (Å²) >= 11 is 0. The molecule has 0 aliphatic heterocycles. The maximum Gasteiger partial charge on any atom is -0.00241 e. The molecule has 0 unspecified atom stereocenters. The molecule has 0 atom stereocenters. The summed E-state index contributed by atoms with van der Waals surface area (Å²) < 4.78 is 0. The van der Waals surface area contributed by atoms with Crippen molar-refractivity contribution < 1.29 is 0 Å². The van der Waals surface area contributed by atoms with Crippen LogP contribution in [0.5, 0.6) is 0 Å². The van der Waals surface area contributed by atoms with Crippen LogP contribution in [0.2, 0.25) is 0 Å². The van der Waals surface area contributed by atoms with Crippen LogP contribution in [0.15, 0.2) is 72.8 Å². The van der Waals surface area contributed by atoms with E-state index in [1.165, 1.54) is 43.8 Å². The third-order valence-electron chi connectivity index (χ3n) is 4.65. The summed E-state index contributed by atoms with van der Waals surface area (Å²) in [6, 6.07) is 26.3. The van der Waals surface area contributed by atoms with E-state index in [1.807, 2.05) is 0 Å². The molecular weight excluding hydrogens is 264 g/mol. The van der Waals surface area contributed by atoms with E-state index in [0.29, 0.717) is 0 Å². The second-order valence-corrected chi connectivity index (χ2v) is 5.94. The topological polar surface area (TPSA) is 0 Å². The lowest BCUT2D eigenvalue weighted by atomic mass is 9.89. The van der Waals surface area contributed by atoms with E-state index in [0.717, 1.165) is 0 Å². The smallest absolute Gasteiger partial charge is 0.00241 e. The molecule has 22 heavy (non-hydrogen) atoms. The van der Waals surface area contributed by atoms with Crippen molar-refractivity contribution >= 4 is 21.5 Å². The largest absolute Gasteiger partial charge is 0.0616 e. The first kappa shape index (κ1) is 13.1. The molecule has 0 bridgehead atoms. The SMILES string of the molecule is Cc1cccc(-c2c3ccccc3cc3ccccc23)c1C. The van der Waals surface area contributed by atoms with Crippen molar-refractivity contribution in [3.8, 4) is 11.1 Å². The van der Waals surface area contributed by atoms with Gasteiger partial charge >= 0.3 is 0 Å². The summed E-state index contributed by atoms with van der Waals surface area (Å²) in [6.07, 6.45) is 0. The molecule has 0 spiro atoms. The summed E-state index contributed by atoms with van der Waals surface area (Å²) in [7, 11) is 0. The van der Waals surface area contributed by atoms with Crippen molar-refractivity contribution in [2.45, 2.75) is 13.8 Å².